The van der Waals surface area contributed by atoms with Crippen LogP contribution in [0.5, 0.6) is 0 Å². The van der Waals surface area contributed by atoms with E-state index in [1.165, 1.54) is 0 Å². The van der Waals surface area contributed by atoms with Crippen LogP contribution >= 0.6 is 0 Å². The van der Waals surface area contributed by atoms with Gasteiger partial charge >= 0.3 is 0 Å². The molecular weight excluding hydrogens is 480 g/mol. The molecule has 3 aromatic rings. The molecule has 0 radical (unpaired) electrons. The maximum Gasteiger partial charge on any atom is 0.240 e. The van der Waals surface area contributed by atoms with Crippen molar-refractivity contribution in [1.29, 1.82) is 0 Å². The van der Waals surface area contributed by atoms with Gasteiger partial charge in [-0.15, -0.1) is 10.2 Å². The quantitative estimate of drug-likeness (QED) is 0.359. The molecule has 0 saturated carbocycles. The first kappa shape index (κ1) is 27.5. The van der Waals surface area contributed by atoms with Crippen LogP contribution < -0.4 is 16.4 Å². The van der Waals surface area contributed by atoms with Crippen molar-refractivity contribution in [3.63, 3.8) is 0 Å². The summed E-state index contributed by atoms with van der Waals surface area (Å²) in [7, 11) is 0. The Hall–Kier alpha value is -3.56. The first-order valence-corrected chi connectivity index (χ1v) is 13.2. The molecule has 9 heteroatoms. The van der Waals surface area contributed by atoms with Gasteiger partial charge in [0.2, 0.25) is 11.8 Å². The highest BCUT2D eigenvalue weighted by atomic mass is 16.5. The van der Waals surface area contributed by atoms with Crippen molar-refractivity contribution < 1.29 is 14.3 Å². The molecule has 0 bridgehead atoms. The minimum absolute atomic E-state index is 0.0122. The van der Waals surface area contributed by atoms with Crippen molar-refractivity contribution in [1.82, 2.24) is 25.4 Å². The zero-order valence-corrected chi connectivity index (χ0v) is 22.4. The summed E-state index contributed by atoms with van der Waals surface area (Å²) in [6, 6.07) is 19.3. The number of ether oxygens (including phenoxy) is 1. The van der Waals surface area contributed by atoms with Gasteiger partial charge in [0.25, 0.3) is 0 Å². The predicted molar refractivity (Wildman–Crippen MR) is 145 cm³/mol. The summed E-state index contributed by atoms with van der Waals surface area (Å²) in [5.74, 6) is 1.05. The number of fused-ring (bicyclic) bond motifs is 1. The lowest BCUT2D eigenvalue weighted by atomic mass is 9.74. The van der Waals surface area contributed by atoms with Crippen molar-refractivity contribution in [2.24, 2.45) is 11.1 Å². The molecule has 2 aromatic carbocycles. The van der Waals surface area contributed by atoms with Crippen molar-refractivity contribution in [3.05, 3.63) is 83.4 Å². The van der Waals surface area contributed by atoms with E-state index in [9.17, 15) is 9.59 Å². The number of amides is 2. The number of hydrogen-bond acceptors (Lipinski definition) is 6. The number of carbonyl (C=O) groups excluding carboxylic acids is 2. The van der Waals surface area contributed by atoms with Gasteiger partial charge in [0.15, 0.2) is 5.82 Å². The highest BCUT2D eigenvalue weighted by Gasteiger charge is 2.43. The molecule has 1 aromatic heterocycles. The molecule has 1 aliphatic heterocycles. The topological polar surface area (TPSA) is 124 Å². The average molecular weight is 519 g/mol. The van der Waals surface area contributed by atoms with E-state index in [0.29, 0.717) is 44.8 Å². The normalized spacial score (nSPS) is 17.9. The van der Waals surface area contributed by atoms with Gasteiger partial charge in [0.05, 0.1) is 24.2 Å². The van der Waals surface area contributed by atoms with Crippen molar-refractivity contribution in [2.45, 2.75) is 64.8 Å². The number of nitrogens with one attached hydrogen (secondary N) is 2. The Balaban J connectivity index is 1.63. The largest absolute Gasteiger partial charge is 0.374 e. The van der Waals surface area contributed by atoms with Crippen LogP contribution in [0.2, 0.25) is 0 Å². The molecule has 1 aliphatic rings. The molecule has 2 unspecified atom stereocenters. The molecule has 202 valence electrons. The van der Waals surface area contributed by atoms with Crippen molar-refractivity contribution in [2.75, 3.05) is 13.2 Å². The van der Waals surface area contributed by atoms with Crippen LogP contribution in [-0.2, 0) is 40.3 Å². The lowest BCUT2D eigenvalue weighted by molar-refractivity contribution is -0.133. The van der Waals surface area contributed by atoms with Crippen LogP contribution in [0.3, 0.4) is 0 Å². The summed E-state index contributed by atoms with van der Waals surface area (Å²) in [5.41, 5.74) is 6.46. The minimum atomic E-state index is -1.08. The Kier molecular flexibility index (Phi) is 8.58. The molecule has 2 amide bonds. The van der Waals surface area contributed by atoms with Crippen molar-refractivity contribution >= 4 is 11.8 Å². The summed E-state index contributed by atoms with van der Waals surface area (Å²) in [6.07, 6.45) is 1.85. The first-order valence-electron chi connectivity index (χ1n) is 13.2. The predicted octanol–water partition coefficient (Wildman–Crippen LogP) is 2.70. The number of carbonyl (C=O) groups is 2. The Bertz CT molecular complexity index is 1220. The van der Waals surface area contributed by atoms with Gasteiger partial charge in [0, 0.05) is 19.5 Å². The molecule has 2 heterocycles. The monoisotopic (exact) mass is 518 g/mol. The fraction of sp³-hybridized carbons (Fsp3) is 0.448. The van der Waals surface area contributed by atoms with Gasteiger partial charge in [-0.3, -0.25) is 9.59 Å². The SMILES string of the molecule is CCNC(=O)C1(Cc2ccccc2)CCc2nnc(C(COCc3ccccc3)NC(=O)C(C)(C)N)n2C1. The first-order chi connectivity index (χ1) is 18.2. The second-order valence-electron chi connectivity index (χ2n) is 10.6. The second kappa shape index (κ2) is 11.9. The van der Waals surface area contributed by atoms with Crippen LogP contribution in [-0.4, -0.2) is 45.3 Å². The maximum atomic E-state index is 13.5. The molecule has 0 spiro atoms. The third-order valence-electron chi connectivity index (χ3n) is 6.95. The van der Waals surface area contributed by atoms with E-state index < -0.39 is 17.0 Å². The Morgan fingerprint density at radius 3 is 2.37 bits per heavy atom. The smallest absolute Gasteiger partial charge is 0.240 e. The van der Waals surface area contributed by atoms with Gasteiger partial charge < -0.3 is 25.7 Å². The van der Waals surface area contributed by atoms with Crippen LogP contribution in [0.25, 0.3) is 0 Å². The van der Waals surface area contributed by atoms with Gasteiger partial charge in [-0.05, 0) is 44.7 Å². The van der Waals surface area contributed by atoms with Gasteiger partial charge in [-0.1, -0.05) is 60.7 Å². The summed E-state index contributed by atoms with van der Waals surface area (Å²) in [5, 5.41) is 15.0. The third kappa shape index (κ3) is 6.46. The molecule has 4 N–H and O–H groups in total. The molecule has 9 nitrogen and oxygen atoms in total. The van der Waals surface area contributed by atoms with E-state index in [1.54, 1.807) is 13.8 Å². The zero-order valence-electron chi connectivity index (χ0n) is 22.4. The van der Waals surface area contributed by atoms with Crippen LogP contribution in [0.4, 0.5) is 0 Å². The molecule has 0 aliphatic carbocycles. The second-order valence-corrected chi connectivity index (χ2v) is 10.6. The van der Waals surface area contributed by atoms with E-state index in [-0.39, 0.29) is 18.4 Å². The van der Waals surface area contributed by atoms with Crippen LogP contribution in [0, 0.1) is 5.41 Å². The molecule has 4 rings (SSSR count). The number of nitrogens with two attached hydrogens (primary N) is 1. The highest BCUT2D eigenvalue weighted by molar-refractivity contribution is 5.85. The number of aryl methyl sites for hydroxylation is 1. The molecular formula is C29H38N6O3. The zero-order chi connectivity index (χ0) is 27.2. The number of benzene rings is 2. The maximum absolute atomic E-state index is 13.5. The summed E-state index contributed by atoms with van der Waals surface area (Å²) in [6.45, 7) is 6.76. The number of aromatic nitrogens is 3. The van der Waals surface area contributed by atoms with Crippen LogP contribution in [0.1, 0.15) is 56.0 Å². The summed E-state index contributed by atoms with van der Waals surface area (Å²) in [4.78, 5) is 26.4. The Morgan fingerprint density at radius 2 is 1.74 bits per heavy atom. The number of hydrogen-bond donors (Lipinski definition) is 3. The number of nitrogens with zero attached hydrogens (tertiary/aromatic N) is 3. The van der Waals surface area contributed by atoms with Crippen LogP contribution in [0.15, 0.2) is 60.7 Å². The van der Waals surface area contributed by atoms with E-state index in [0.717, 1.165) is 17.0 Å². The Labute approximate surface area is 224 Å². The average Bonchev–Trinajstić information content (AvgIpc) is 3.31. The van der Waals surface area contributed by atoms with Gasteiger partial charge in [0.1, 0.15) is 11.9 Å². The fourth-order valence-corrected chi connectivity index (χ4v) is 4.84. The van der Waals surface area contributed by atoms with Gasteiger partial charge in [-0.2, -0.15) is 0 Å². The minimum Gasteiger partial charge on any atom is -0.374 e. The number of rotatable bonds is 11. The molecule has 38 heavy (non-hydrogen) atoms. The van der Waals surface area contributed by atoms with Gasteiger partial charge in [-0.25, -0.2) is 0 Å². The van der Waals surface area contributed by atoms with E-state index in [4.69, 9.17) is 10.5 Å². The van der Waals surface area contributed by atoms with E-state index in [2.05, 4.69) is 20.8 Å². The fourth-order valence-electron chi connectivity index (χ4n) is 4.84. The Morgan fingerprint density at radius 1 is 1.08 bits per heavy atom. The van der Waals surface area contributed by atoms with E-state index >= 15 is 0 Å². The molecule has 0 saturated heterocycles. The lowest BCUT2D eigenvalue weighted by Crippen LogP contribution is -2.51. The van der Waals surface area contributed by atoms with E-state index in [1.807, 2.05) is 72.2 Å². The highest BCUT2D eigenvalue weighted by Crippen LogP contribution is 2.37. The summed E-state index contributed by atoms with van der Waals surface area (Å²) >= 11 is 0. The molecule has 2 atom stereocenters. The summed E-state index contributed by atoms with van der Waals surface area (Å²) < 4.78 is 8.02. The standard InChI is InChI=1S/C29H38N6O3/c1-4-31-27(37)29(17-21-11-7-5-8-12-21)16-15-24-33-34-25(35(24)20-29)23(32-26(36)28(2,3)30)19-38-18-22-13-9-6-10-14-22/h5-14,23H,4,15-20,30H2,1-3H3,(H,31,37)(H,32,36). The van der Waals surface area contributed by atoms with Crippen molar-refractivity contribution in [3.8, 4) is 0 Å². The lowest BCUT2D eigenvalue weighted by Gasteiger charge is -2.37. The third-order valence-corrected chi connectivity index (χ3v) is 6.95. The molecule has 0 fully saturated rings.